The molecule has 5 aromatic rings. The number of halogens is 3. The summed E-state index contributed by atoms with van der Waals surface area (Å²) >= 11 is 0. The normalized spacial score (nSPS) is 21.3. The number of nitrogens with zero attached hydrogens (tertiary/aromatic N) is 5. The molecule has 3 amide bonds. The maximum absolute atomic E-state index is 13.5. The van der Waals surface area contributed by atoms with Crippen LogP contribution in [0, 0.1) is 5.92 Å². The highest BCUT2D eigenvalue weighted by molar-refractivity contribution is 6.05. The van der Waals surface area contributed by atoms with Crippen LogP contribution in [0.5, 0.6) is 5.75 Å². The van der Waals surface area contributed by atoms with Crippen molar-refractivity contribution in [1.82, 2.24) is 28.9 Å². The number of nitrogens with one attached hydrogen (secondary N) is 2. The largest absolute Gasteiger partial charge is 0.494 e. The van der Waals surface area contributed by atoms with E-state index in [0.717, 1.165) is 97.8 Å². The zero-order chi connectivity index (χ0) is 40.2. The second-order valence-corrected chi connectivity index (χ2v) is 15.8. The summed E-state index contributed by atoms with van der Waals surface area (Å²) in [6, 6.07) is 14.3. The molecule has 8 rings (SSSR count). The number of ether oxygens (including phenoxy) is 1. The van der Waals surface area contributed by atoms with Gasteiger partial charge in [0.25, 0.3) is 5.91 Å². The van der Waals surface area contributed by atoms with Crippen LogP contribution in [0.15, 0.2) is 59.4 Å². The number of anilines is 1. The first-order valence-corrected chi connectivity index (χ1v) is 19.6. The summed E-state index contributed by atoms with van der Waals surface area (Å²) in [4.78, 5) is 57.0. The van der Waals surface area contributed by atoms with E-state index in [1.165, 1.54) is 18.9 Å². The van der Waals surface area contributed by atoms with Crippen LogP contribution < -0.4 is 21.1 Å². The number of carbonyl (C=O) groups is 3. The van der Waals surface area contributed by atoms with Gasteiger partial charge in [0, 0.05) is 44.2 Å². The highest BCUT2D eigenvalue weighted by atomic mass is 19.4. The lowest BCUT2D eigenvalue weighted by Crippen LogP contribution is -2.44. The second kappa shape index (κ2) is 15.1. The third-order valence-electron chi connectivity index (χ3n) is 12.4. The van der Waals surface area contributed by atoms with Crippen LogP contribution in [0.25, 0.3) is 21.9 Å². The maximum atomic E-state index is 13.5. The van der Waals surface area contributed by atoms with Crippen LogP contribution in [-0.4, -0.2) is 68.1 Å². The lowest BCUT2D eigenvalue weighted by Gasteiger charge is -2.37. The molecule has 1 saturated carbocycles. The Balaban J connectivity index is 0.893. The van der Waals surface area contributed by atoms with Crippen LogP contribution >= 0.6 is 0 Å². The zero-order valence-corrected chi connectivity index (χ0v) is 32.2. The number of rotatable bonds is 8. The number of piperidine rings is 2. The molecule has 2 saturated heterocycles. The molecule has 0 spiro atoms. The molecule has 2 N–H and O–H groups in total. The van der Waals surface area contributed by atoms with Crippen LogP contribution in [-0.2, 0) is 29.9 Å². The predicted octanol–water partition coefficient (Wildman–Crippen LogP) is 6.64. The number of pyridine rings is 1. The van der Waals surface area contributed by atoms with Gasteiger partial charge in [-0.05, 0) is 112 Å². The van der Waals surface area contributed by atoms with Crippen molar-refractivity contribution in [1.29, 1.82) is 0 Å². The molecule has 1 aliphatic carbocycles. The molecule has 2 aliphatic heterocycles. The summed E-state index contributed by atoms with van der Waals surface area (Å²) < 4.78 is 50.6. The van der Waals surface area contributed by atoms with E-state index in [2.05, 4.69) is 37.2 Å². The van der Waals surface area contributed by atoms with Crippen molar-refractivity contribution in [3.05, 3.63) is 87.7 Å². The topological polar surface area (TPSA) is 132 Å². The summed E-state index contributed by atoms with van der Waals surface area (Å²) in [6.45, 7) is 2.98. The van der Waals surface area contributed by atoms with Crippen molar-refractivity contribution in [3.63, 3.8) is 0 Å². The van der Waals surface area contributed by atoms with Gasteiger partial charge in [0.05, 0.1) is 29.3 Å². The number of hydrogen-bond donors (Lipinski definition) is 2. The van der Waals surface area contributed by atoms with Crippen LogP contribution in [0.2, 0.25) is 0 Å². The molecule has 3 fully saturated rings. The van der Waals surface area contributed by atoms with E-state index < -0.39 is 29.7 Å². The summed E-state index contributed by atoms with van der Waals surface area (Å²) in [6.07, 6.45) is 2.12. The van der Waals surface area contributed by atoms with Gasteiger partial charge in [0.1, 0.15) is 23.2 Å². The minimum atomic E-state index is -4.66. The van der Waals surface area contributed by atoms with Gasteiger partial charge in [-0.3, -0.25) is 28.8 Å². The Morgan fingerprint density at radius 2 is 1.63 bits per heavy atom. The van der Waals surface area contributed by atoms with Gasteiger partial charge >= 0.3 is 11.9 Å². The zero-order valence-electron chi connectivity index (χ0n) is 32.2. The molecule has 12 nitrogen and oxygen atoms in total. The van der Waals surface area contributed by atoms with E-state index in [4.69, 9.17) is 4.74 Å². The third-order valence-corrected chi connectivity index (χ3v) is 12.4. The number of benzene rings is 2. The molecule has 15 heteroatoms. The summed E-state index contributed by atoms with van der Waals surface area (Å²) in [5.41, 5.74) is 3.50. The highest BCUT2D eigenvalue weighted by Gasteiger charge is 2.35. The number of hydrogen-bond acceptors (Lipinski definition) is 7. The Morgan fingerprint density at radius 3 is 2.33 bits per heavy atom. The van der Waals surface area contributed by atoms with Crippen molar-refractivity contribution in [3.8, 4) is 5.75 Å². The van der Waals surface area contributed by atoms with Gasteiger partial charge < -0.3 is 19.5 Å². The van der Waals surface area contributed by atoms with Crippen LogP contribution in [0.4, 0.5) is 18.9 Å². The number of alkyl halides is 3. The van der Waals surface area contributed by atoms with Gasteiger partial charge in [-0.2, -0.15) is 13.2 Å². The van der Waals surface area contributed by atoms with Crippen molar-refractivity contribution in [2.75, 3.05) is 32.1 Å². The Morgan fingerprint density at radius 1 is 0.895 bits per heavy atom. The van der Waals surface area contributed by atoms with Gasteiger partial charge in [0.2, 0.25) is 11.8 Å². The second-order valence-electron chi connectivity index (χ2n) is 15.8. The van der Waals surface area contributed by atoms with Gasteiger partial charge in [-0.25, -0.2) is 9.78 Å². The number of imide groups is 1. The van der Waals surface area contributed by atoms with Crippen molar-refractivity contribution >= 4 is 45.3 Å². The summed E-state index contributed by atoms with van der Waals surface area (Å²) in [7, 11) is 5.28. The Bertz CT molecular complexity index is 2430. The minimum Gasteiger partial charge on any atom is -0.494 e. The molecular formula is C42H46F3N7O5. The number of carbonyl (C=O) groups excluding carboxylic acids is 3. The number of aromatic nitrogens is 4. The Hall–Kier alpha value is -5.44. The highest BCUT2D eigenvalue weighted by Crippen LogP contribution is 2.41. The molecule has 300 valence electrons. The quantitative estimate of drug-likeness (QED) is 0.169. The van der Waals surface area contributed by atoms with Crippen molar-refractivity contribution < 1.29 is 32.3 Å². The molecule has 3 aliphatic rings. The fourth-order valence-corrected chi connectivity index (χ4v) is 9.41. The first-order valence-electron chi connectivity index (χ1n) is 19.6. The van der Waals surface area contributed by atoms with Gasteiger partial charge in [0.15, 0.2) is 0 Å². The Kier molecular flexibility index (Phi) is 10.2. The number of aryl methyl sites for hydroxylation is 2. The fourth-order valence-electron chi connectivity index (χ4n) is 9.41. The monoisotopic (exact) mass is 785 g/mol. The Labute approximate surface area is 327 Å². The van der Waals surface area contributed by atoms with Crippen molar-refractivity contribution in [2.24, 2.45) is 20.0 Å². The van der Waals surface area contributed by atoms with E-state index >= 15 is 0 Å². The molecule has 0 radical (unpaired) electrons. The number of para-hydroxylation sites is 1. The van der Waals surface area contributed by atoms with E-state index in [-0.39, 0.29) is 23.7 Å². The fraction of sp³-hybridized carbons (Fsp3) is 0.452. The summed E-state index contributed by atoms with van der Waals surface area (Å²) in [5.74, 6) is 0.146. The number of likely N-dealkylation sites (tertiary alicyclic amines) is 1. The maximum Gasteiger partial charge on any atom is 0.433 e. The number of methoxy groups -OCH3 is 1. The number of imidazole rings is 1. The predicted molar refractivity (Wildman–Crippen MR) is 208 cm³/mol. The van der Waals surface area contributed by atoms with Crippen molar-refractivity contribution in [2.45, 2.75) is 75.4 Å². The molecule has 0 bridgehead atoms. The van der Waals surface area contributed by atoms with E-state index in [1.54, 1.807) is 22.2 Å². The SMILES string of the molecule is COc1cc2c(cc1NC(=O)c1cccc(C(F)(F)F)n1)cc([C@H]1CC[C@H](CN3CCC(c4cccc5c4n(C)c(=O)n5C4CCC(=O)NC4=O)CC3)CC1)n2C. The molecule has 2 aromatic carbocycles. The minimum absolute atomic E-state index is 0.207. The summed E-state index contributed by atoms with van der Waals surface area (Å²) in [5, 5.41) is 5.98. The van der Waals surface area contributed by atoms with Gasteiger partial charge in [-0.15, -0.1) is 0 Å². The molecule has 1 unspecified atom stereocenters. The van der Waals surface area contributed by atoms with Crippen LogP contribution in [0.3, 0.4) is 0 Å². The third kappa shape index (κ3) is 7.33. The molecule has 3 aromatic heterocycles. The lowest BCUT2D eigenvalue weighted by atomic mass is 9.79. The number of amides is 3. The van der Waals surface area contributed by atoms with Gasteiger partial charge in [-0.1, -0.05) is 18.2 Å². The number of fused-ring (bicyclic) bond motifs is 2. The lowest BCUT2D eigenvalue weighted by molar-refractivity contribution is -0.141. The first kappa shape index (κ1) is 38.4. The average molecular weight is 786 g/mol. The first-order chi connectivity index (χ1) is 27.3. The molecule has 5 heterocycles. The standard InChI is InChI=1S/C42H46F3N7O5/c1-49-33(21-27-20-30(35(57-3)22-34(27)49)47-39(54)29-7-5-9-36(46-29)42(43,44)45)26-12-10-24(11-13-26)23-51-18-16-25(17-19-51)28-6-4-8-31-38(28)50(2)41(56)52(31)32-14-15-37(53)48-40(32)55/h4-9,20-22,24-26,32H,10-19,23H2,1-3H3,(H,47,54)(H,48,53,55)/t24-,26-,32?. The van der Waals surface area contributed by atoms with Crippen LogP contribution in [0.1, 0.15) is 96.7 Å². The average Bonchev–Trinajstić information content (AvgIpc) is 3.65. The molecule has 57 heavy (non-hydrogen) atoms. The van der Waals surface area contributed by atoms with E-state index in [9.17, 15) is 32.3 Å². The van der Waals surface area contributed by atoms with E-state index in [1.807, 2.05) is 25.2 Å². The smallest absolute Gasteiger partial charge is 0.433 e. The van der Waals surface area contributed by atoms with E-state index in [0.29, 0.717) is 35.6 Å². The molecule has 1 atom stereocenters. The molecular weight excluding hydrogens is 739 g/mol.